The van der Waals surface area contributed by atoms with Crippen molar-refractivity contribution in [3.8, 4) is 0 Å². The van der Waals surface area contributed by atoms with Gasteiger partial charge in [-0.05, 0) is 37.3 Å². The third-order valence-corrected chi connectivity index (χ3v) is 4.87. The van der Waals surface area contributed by atoms with Crippen LogP contribution in [0.4, 0.5) is 5.82 Å². The summed E-state index contributed by atoms with van der Waals surface area (Å²) in [4.78, 5) is 14.7. The van der Waals surface area contributed by atoms with Gasteiger partial charge in [-0.1, -0.05) is 18.2 Å². The maximum absolute atomic E-state index is 12.4. The highest BCUT2D eigenvalue weighted by Gasteiger charge is 2.22. The number of carbonyl (C=O) groups excluding carboxylic acids is 1. The van der Waals surface area contributed by atoms with Crippen LogP contribution in [-0.4, -0.2) is 39.8 Å². The number of benzene rings is 1. The quantitative estimate of drug-likeness (QED) is 0.768. The monoisotopic (exact) mass is 337 g/mol. The Hall–Kier alpha value is -2.76. The topological polar surface area (TPSA) is 66.0 Å². The van der Waals surface area contributed by atoms with Crippen LogP contribution >= 0.6 is 0 Å². The van der Waals surface area contributed by atoms with E-state index in [2.05, 4.69) is 32.5 Å². The number of rotatable bonds is 4. The fraction of sp³-hybridized carbons (Fsp3) is 0.368. The van der Waals surface area contributed by atoms with Crippen molar-refractivity contribution in [3.05, 3.63) is 48.3 Å². The van der Waals surface area contributed by atoms with Crippen LogP contribution in [-0.2, 0) is 11.3 Å². The number of amides is 1. The van der Waals surface area contributed by atoms with E-state index in [9.17, 15) is 4.79 Å². The number of aromatic amines is 1. The van der Waals surface area contributed by atoms with E-state index in [0.29, 0.717) is 6.54 Å². The summed E-state index contributed by atoms with van der Waals surface area (Å²) >= 11 is 0. The molecule has 1 aliphatic rings. The molecule has 2 aromatic heterocycles. The molecular formula is C19H23N5O. The zero-order valence-electron chi connectivity index (χ0n) is 14.4. The van der Waals surface area contributed by atoms with Crippen LogP contribution in [0.5, 0.6) is 0 Å². The van der Waals surface area contributed by atoms with Gasteiger partial charge in [-0.15, -0.1) is 0 Å². The van der Waals surface area contributed by atoms with E-state index in [4.69, 9.17) is 0 Å². The number of para-hydroxylation sites is 1. The van der Waals surface area contributed by atoms with Crippen molar-refractivity contribution in [1.82, 2.24) is 20.1 Å². The van der Waals surface area contributed by atoms with Crippen LogP contribution in [0.1, 0.15) is 18.5 Å². The van der Waals surface area contributed by atoms with E-state index in [1.807, 2.05) is 42.0 Å². The van der Waals surface area contributed by atoms with Crippen molar-refractivity contribution in [2.24, 2.45) is 0 Å². The van der Waals surface area contributed by atoms with Gasteiger partial charge in [0.2, 0.25) is 5.91 Å². The van der Waals surface area contributed by atoms with Gasteiger partial charge in [-0.25, -0.2) is 0 Å². The average molecular weight is 337 g/mol. The molecule has 1 saturated heterocycles. The second kappa shape index (κ2) is 6.63. The van der Waals surface area contributed by atoms with Crippen molar-refractivity contribution < 1.29 is 4.79 Å². The lowest BCUT2D eigenvalue weighted by Gasteiger charge is -2.32. The van der Waals surface area contributed by atoms with E-state index >= 15 is 0 Å². The molecule has 1 aromatic carbocycles. The number of H-pyrrole nitrogens is 1. The second-order valence-electron chi connectivity index (χ2n) is 6.74. The summed E-state index contributed by atoms with van der Waals surface area (Å²) in [5.41, 5.74) is 2.17. The molecule has 6 nitrogen and oxygen atoms in total. The molecule has 4 rings (SSSR count). The van der Waals surface area contributed by atoms with E-state index in [1.165, 1.54) is 0 Å². The van der Waals surface area contributed by atoms with E-state index in [1.54, 1.807) is 0 Å². The second-order valence-corrected chi connectivity index (χ2v) is 6.74. The smallest absolute Gasteiger partial charge is 0.240 e. The van der Waals surface area contributed by atoms with Crippen molar-refractivity contribution in [2.75, 3.05) is 18.0 Å². The highest BCUT2D eigenvalue weighted by molar-refractivity contribution is 5.83. The summed E-state index contributed by atoms with van der Waals surface area (Å²) in [6.45, 7) is 4.21. The predicted octanol–water partition coefficient (Wildman–Crippen LogP) is 2.46. The first-order chi connectivity index (χ1) is 12.2. The number of hydrogen-bond donors (Lipinski definition) is 2. The van der Waals surface area contributed by atoms with Gasteiger partial charge in [0.05, 0.1) is 0 Å². The molecule has 25 heavy (non-hydrogen) atoms. The Morgan fingerprint density at radius 3 is 2.84 bits per heavy atom. The summed E-state index contributed by atoms with van der Waals surface area (Å²) < 4.78 is 2.01. The van der Waals surface area contributed by atoms with Crippen LogP contribution < -0.4 is 10.2 Å². The number of fused-ring (bicyclic) bond motifs is 1. The van der Waals surface area contributed by atoms with Crippen molar-refractivity contribution >= 4 is 22.6 Å². The number of anilines is 1. The Labute approximate surface area is 146 Å². The van der Waals surface area contributed by atoms with Crippen LogP contribution in [0, 0.1) is 6.92 Å². The van der Waals surface area contributed by atoms with Gasteiger partial charge in [0.25, 0.3) is 0 Å². The molecule has 3 heterocycles. The maximum atomic E-state index is 12.4. The number of nitrogens with zero attached hydrogens (tertiary/aromatic N) is 3. The van der Waals surface area contributed by atoms with Gasteiger partial charge in [0.1, 0.15) is 6.54 Å². The Morgan fingerprint density at radius 2 is 2.08 bits per heavy atom. The minimum absolute atomic E-state index is 0.0791. The van der Waals surface area contributed by atoms with Gasteiger partial charge >= 0.3 is 0 Å². The molecule has 130 valence electrons. The molecule has 2 N–H and O–H groups in total. The summed E-state index contributed by atoms with van der Waals surface area (Å²) in [7, 11) is 0. The SMILES string of the molecule is Cc1cc(N2CCC(NC(=O)Cn3ccc4ccccc43)CC2)n[nH]1. The van der Waals surface area contributed by atoms with Gasteiger partial charge in [-0.2, -0.15) is 5.10 Å². The minimum Gasteiger partial charge on any atom is -0.355 e. The van der Waals surface area contributed by atoms with Gasteiger partial charge in [0, 0.05) is 42.6 Å². The molecule has 0 bridgehead atoms. The Bertz CT molecular complexity index is 873. The summed E-state index contributed by atoms with van der Waals surface area (Å²) in [6.07, 6.45) is 3.88. The van der Waals surface area contributed by atoms with E-state index < -0.39 is 0 Å². The predicted molar refractivity (Wildman–Crippen MR) is 98.6 cm³/mol. The van der Waals surface area contributed by atoms with E-state index in [-0.39, 0.29) is 11.9 Å². The summed E-state index contributed by atoms with van der Waals surface area (Å²) in [5.74, 6) is 1.08. The first-order valence-corrected chi connectivity index (χ1v) is 8.79. The molecule has 1 amide bonds. The van der Waals surface area contributed by atoms with Crippen LogP contribution in [0.3, 0.4) is 0 Å². The molecule has 0 aliphatic carbocycles. The number of hydrogen-bond acceptors (Lipinski definition) is 3. The highest BCUT2D eigenvalue weighted by Crippen LogP contribution is 2.19. The Morgan fingerprint density at radius 1 is 1.28 bits per heavy atom. The van der Waals surface area contributed by atoms with Gasteiger partial charge in [-0.3, -0.25) is 9.89 Å². The zero-order chi connectivity index (χ0) is 17.2. The van der Waals surface area contributed by atoms with Crippen LogP contribution in [0.15, 0.2) is 42.6 Å². The van der Waals surface area contributed by atoms with Gasteiger partial charge < -0.3 is 14.8 Å². The third kappa shape index (κ3) is 3.38. The number of nitrogens with one attached hydrogen (secondary N) is 2. The van der Waals surface area contributed by atoms with Crippen molar-refractivity contribution in [1.29, 1.82) is 0 Å². The number of aromatic nitrogens is 3. The molecule has 3 aromatic rings. The zero-order valence-corrected chi connectivity index (χ0v) is 14.4. The molecule has 0 spiro atoms. The standard InChI is InChI=1S/C19H23N5O/c1-14-12-18(22-21-14)23-10-7-16(8-11-23)20-19(25)13-24-9-6-15-4-2-3-5-17(15)24/h2-6,9,12,16H,7-8,10-11,13H2,1H3,(H,20,25)(H,21,22). The maximum Gasteiger partial charge on any atom is 0.240 e. The fourth-order valence-electron chi connectivity index (χ4n) is 3.53. The Balaban J connectivity index is 1.32. The third-order valence-electron chi connectivity index (χ3n) is 4.87. The van der Waals surface area contributed by atoms with E-state index in [0.717, 1.165) is 48.3 Å². The number of carbonyl (C=O) groups is 1. The lowest BCUT2D eigenvalue weighted by Crippen LogP contribution is -2.45. The first-order valence-electron chi connectivity index (χ1n) is 8.79. The summed E-state index contributed by atoms with van der Waals surface area (Å²) in [6, 6.07) is 12.5. The van der Waals surface area contributed by atoms with Gasteiger partial charge in [0.15, 0.2) is 5.82 Å². The van der Waals surface area contributed by atoms with Crippen LogP contribution in [0.25, 0.3) is 10.9 Å². The number of aryl methyl sites for hydroxylation is 1. The molecule has 0 atom stereocenters. The molecule has 6 heteroatoms. The Kier molecular flexibility index (Phi) is 4.17. The largest absolute Gasteiger partial charge is 0.355 e. The molecule has 0 unspecified atom stereocenters. The average Bonchev–Trinajstić information content (AvgIpc) is 3.22. The summed E-state index contributed by atoms with van der Waals surface area (Å²) in [5, 5.41) is 11.6. The molecule has 1 fully saturated rings. The molecule has 1 aliphatic heterocycles. The van der Waals surface area contributed by atoms with Crippen LogP contribution in [0.2, 0.25) is 0 Å². The first kappa shape index (κ1) is 15.7. The molecule has 0 saturated carbocycles. The highest BCUT2D eigenvalue weighted by atomic mass is 16.2. The minimum atomic E-state index is 0.0791. The normalized spacial score (nSPS) is 15.6. The van der Waals surface area contributed by atoms with Crippen molar-refractivity contribution in [2.45, 2.75) is 32.4 Å². The fourth-order valence-corrected chi connectivity index (χ4v) is 3.53. The lowest BCUT2D eigenvalue weighted by molar-refractivity contribution is -0.122. The number of piperidine rings is 1. The lowest BCUT2D eigenvalue weighted by atomic mass is 10.1. The molecular weight excluding hydrogens is 314 g/mol. The molecule has 0 radical (unpaired) electrons. The van der Waals surface area contributed by atoms with Crippen molar-refractivity contribution in [3.63, 3.8) is 0 Å².